The Morgan fingerprint density at radius 2 is 2.13 bits per heavy atom. The van der Waals surface area contributed by atoms with Crippen molar-refractivity contribution in [2.75, 3.05) is 44.3 Å². The van der Waals surface area contributed by atoms with Crippen molar-refractivity contribution in [2.24, 2.45) is 11.7 Å². The fourth-order valence-corrected chi connectivity index (χ4v) is 4.07. The lowest BCUT2D eigenvalue weighted by Crippen LogP contribution is -2.46. The van der Waals surface area contributed by atoms with Crippen molar-refractivity contribution in [3.63, 3.8) is 0 Å². The van der Waals surface area contributed by atoms with Gasteiger partial charge in [0.05, 0.1) is 17.8 Å². The molecular formula is C16H29N3O3S. The van der Waals surface area contributed by atoms with E-state index in [-0.39, 0.29) is 17.7 Å². The first-order chi connectivity index (χ1) is 11.2. The lowest BCUT2D eigenvalue weighted by molar-refractivity contribution is -0.133. The normalized spacial score (nSPS) is 25.2. The van der Waals surface area contributed by atoms with Gasteiger partial charge >= 0.3 is 0 Å². The van der Waals surface area contributed by atoms with Crippen molar-refractivity contribution in [3.8, 4) is 0 Å². The number of carbonyl (C=O) groups excluding carboxylic acids is 2. The first-order valence-electron chi connectivity index (χ1n) is 8.65. The molecule has 0 spiro atoms. The number of carbonyl (C=O) groups is 2. The molecule has 2 aliphatic rings. The predicted molar refractivity (Wildman–Crippen MR) is 92.3 cm³/mol. The van der Waals surface area contributed by atoms with E-state index in [0.29, 0.717) is 31.5 Å². The van der Waals surface area contributed by atoms with Gasteiger partial charge in [0.25, 0.3) is 0 Å². The van der Waals surface area contributed by atoms with Gasteiger partial charge in [-0.25, -0.2) is 0 Å². The smallest absolute Gasteiger partial charge is 0.232 e. The third-order valence-electron chi connectivity index (χ3n) is 4.39. The zero-order chi connectivity index (χ0) is 16.5. The number of piperidine rings is 1. The molecule has 0 aromatic heterocycles. The largest absolute Gasteiger partial charge is 0.377 e. The Balaban J connectivity index is 1.67. The van der Waals surface area contributed by atoms with E-state index in [4.69, 9.17) is 10.5 Å². The Hall–Kier alpha value is -0.790. The number of hydrogen-bond acceptors (Lipinski definition) is 5. The van der Waals surface area contributed by atoms with Gasteiger partial charge < -0.3 is 20.7 Å². The summed E-state index contributed by atoms with van der Waals surface area (Å²) in [5.41, 5.74) is 5.41. The van der Waals surface area contributed by atoms with E-state index in [2.05, 4.69) is 5.32 Å². The number of hydrogen-bond donors (Lipinski definition) is 2. The lowest BCUT2D eigenvalue weighted by Gasteiger charge is -2.32. The zero-order valence-corrected chi connectivity index (χ0v) is 14.6. The summed E-state index contributed by atoms with van der Waals surface area (Å²) in [6.45, 7) is 3.10. The van der Waals surface area contributed by atoms with Crippen LogP contribution in [0.4, 0.5) is 0 Å². The average Bonchev–Trinajstić information content (AvgIpc) is 2.60. The van der Waals surface area contributed by atoms with E-state index in [1.54, 1.807) is 11.8 Å². The van der Waals surface area contributed by atoms with Crippen LogP contribution in [-0.4, -0.2) is 67.1 Å². The molecule has 132 valence electrons. The SMILES string of the molecule is NCCNC(=O)C1CCCN(C(=O)CSCC2CCCCO2)C1. The Kier molecular flexibility index (Phi) is 8.19. The van der Waals surface area contributed by atoms with E-state index < -0.39 is 0 Å². The van der Waals surface area contributed by atoms with Crippen molar-refractivity contribution in [2.45, 2.75) is 38.2 Å². The van der Waals surface area contributed by atoms with Crippen LogP contribution in [0.5, 0.6) is 0 Å². The van der Waals surface area contributed by atoms with Gasteiger partial charge in [0.15, 0.2) is 0 Å². The fourth-order valence-electron chi connectivity index (χ4n) is 3.07. The summed E-state index contributed by atoms with van der Waals surface area (Å²) >= 11 is 1.65. The van der Waals surface area contributed by atoms with Crippen molar-refractivity contribution in [1.29, 1.82) is 0 Å². The number of thioether (sulfide) groups is 1. The van der Waals surface area contributed by atoms with Crippen LogP contribution in [0.25, 0.3) is 0 Å². The molecule has 0 radical (unpaired) electrons. The molecular weight excluding hydrogens is 314 g/mol. The highest BCUT2D eigenvalue weighted by Crippen LogP contribution is 2.20. The first kappa shape index (κ1) is 18.5. The second kappa shape index (κ2) is 10.2. The van der Waals surface area contributed by atoms with Crippen LogP contribution in [0.2, 0.25) is 0 Å². The Morgan fingerprint density at radius 3 is 2.87 bits per heavy atom. The molecule has 2 unspecified atom stereocenters. The van der Waals surface area contributed by atoms with Crippen LogP contribution >= 0.6 is 11.8 Å². The summed E-state index contributed by atoms with van der Waals surface area (Å²) in [5.74, 6) is 1.45. The number of ether oxygens (including phenoxy) is 1. The molecule has 0 aromatic carbocycles. The van der Waals surface area contributed by atoms with E-state index >= 15 is 0 Å². The minimum atomic E-state index is -0.0917. The molecule has 0 bridgehead atoms. The zero-order valence-electron chi connectivity index (χ0n) is 13.8. The molecule has 2 fully saturated rings. The molecule has 23 heavy (non-hydrogen) atoms. The number of nitrogens with zero attached hydrogens (tertiary/aromatic N) is 1. The highest BCUT2D eigenvalue weighted by atomic mass is 32.2. The molecule has 0 saturated carbocycles. The van der Waals surface area contributed by atoms with Gasteiger partial charge in [0.1, 0.15) is 0 Å². The minimum absolute atomic E-state index is 0.0243. The van der Waals surface area contributed by atoms with Gasteiger partial charge in [-0.05, 0) is 32.1 Å². The number of amides is 2. The highest BCUT2D eigenvalue weighted by Gasteiger charge is 2.28. The lowest BCUT2D eigenvalue weighted by atomic mass is 9.97. The Labute approximate surface area is 142 Å². The average molecular weight is 343 g/mol. The number of nitrogens with one attached hydrogen (secondary N) is 1. The van der Waals surface area contributed by atoms with Crippen LogP contribution < -0.4 is 11.1 Å². The van der Waals surface area contributed by atoms with Gasteiger partial charge in [0, 0.05) is 38.5 Å². The maximum atomic E-state index is 12.3. The van der Waals surface area contributed by atoms with Crippen LogP contribution in [0.1, 0.15) is 32.1 Å². The molecule has 0 aromatic rings. The molecule has 2 rings (SSSR count). The van der Waals surface area contributed by atoms with E-state index in [1.807, 2.05) is 4.90 Å². The van der Waals surface area contributed by atoms with Gasteiger partial charge in [-0.15, -0.1) is 11.8 Å². The maximum absolute atomic E-state index is 12.3. The van der Waals surface area contributed by atoms with Crippen LogP contribution in [0.15, 0.2) is 0 Å². The summed E-state index contributed by atoms with van der Waals surface area (Å²) in [6, 6.07) is 0. The van der Waals surface area contributed by atoms with Gasteiger partial charge in [0.2, 0.25) is 11.8 Å². The van der Waals surface area contributed by atoms with Crippen molar-refractivity contribution < 1.29 is 14.3 Å². The second-order valence-corrected chi connectivity index (χ2v) is 7.29. The maximum Gasteiger partial charge on any atom is 0.232 e. The number of likely N-dealkylation sites (tertiary alicyclic amines) is 1. The van der Waals surface area contributed by atoms with Gasteiger partial charge in [-0.2, -0.15) is 0 Å². The molecule has 2 amide bonds. The van der Waals surface area contributed by atoms with Crippen LogP contribution in [0.3, 0.4) is 0 Å². The summed E-state index contributed by atoms with van der Waals surface area (Å²) in [4.78, 5) is 26.2. The Bertz CT molecular complexity index is 389. The molecule has 0 aliphatic carbocycles. The molecule has 2 saturated heterocycles. The van der Waals surface area contributed by atoms with E-state index in [0.717, 1.165) is 44.6 Å². The quantitative estimate of drug-likeness (QED) is 0.707. The summed E-state index contributed by atoms with van der Waals surface area (Å²) < 4.78 is 5.68. The monoisotopic (exact) mass is 343 g/mol. The molecule has 2 heterocycles. The van der Waals surface area contributed by atoms with Gasteiger partial charge in [-0.1, -0.05) is 0 Å². The summed E-state index contributed by atoms with van der Waals surface area (Å²) in [6.07, 6.45) is 5.53. The molecule has 2 atom stereocenters. The molecule has 7 heteroatoms. The minimum Gasteiger partial charge on any atom is -0.377 e. The number of rotatable bonds is 7. The third-order valence-corrected chi connectivity index (χ3v) is 5.45. The summed E-state index contributed by atoms with van der Waals surface area (Å²) in [5, 5.41) is 2.82. The van der Waals surface area contributed by atoms with E-state index in [1.165, 1.54) is 6.42 Å². The predicted octanol–water partition coefficient (Wildman–Crippen LogP) is 0.602. The van der Waals surface area contributed by atoms with Crippen molar-refractivity contribution >= 4 is 23.6 Å². The highest BCUT2D eigenvalue weighted by molar-refractivity contribution is 7.99. The first-order valence-corrected chi connectivity index (χ1v) is 9.81. The van der Waals surface area contributed by atoms with E-state index in [9.17, 15) is 9.59 Å². The number of nitrogens with two attached hydrogens (primary N) is 1. The second-order valence-electron chi connectivity index (χ2n) is 6.26. The van der Waals surface area contributed by atoms with Crippen LogP contribution in [0, 0.1) is 5.92 Å². The topological polar surface area (TPSA) is 84.7 Å². The Morgan fingerprint density at radius 1 is 1.26 bits per heavy atom. The molecule has 3 N–H and O–H groups in total. The van der Waals surface area contributed by atoms with Gasteiger partial charge in [-0.3, -0.25) is 9.59 Å². The fraction of sp³-hybridized carbons (Fsp3) is 0.875. The van der Waals surface area contributed by atoms with Crippen molar-refractivity contribution in [1.82, 2.24) is 10.2 Å². The van der Waals surface area contributed by atoms with Crippen LogP contribution in [-0.2, 0) is 14.3 Å². The molecule has 2 aliphatic heterocycles. The standard InChI is InChI=1S/C16H29N3O3S/c17-6-7-18-16(21)13-4-3-8-19(10-13)15(20)12-23-11-14-5-1-2-9-22-14/h13-14H,1-12,17H2,(H,18,21). The van der Waals surface area contributed by atoms with Crippen molar-refractivity contribution in [3.05, 3.63) is 0 Å². The molecule has 6 nitrogen and oxygen atoms in total. The summed E-state index contributed by atoms with van der Waals surface area (Å²) in [7, 11) is 0. The third kappa shape index (κ3) is 6.31.